The van der Waals surface area contributed by atoms with E-state index in [4.69, 9.17) is 0 Å². The average Bonchev–Trinajstić information content (AvgIpc) is 3.05. The van der Waals surface area contributed by atoms with Gasteiger partial charge in [-0.25, -0.2) is 0 Å². The number of nitrogens with zero attached hydrogens (tertiary/aromatic N) is 1. The minimum atomic E-state index is -0.677. The van der Waals surface area contributed by atoms with Crippen LogP contribution >= 0.6 is 11.3 Å². The Kier molecular flexibility index (Phi) is 5.75. The highest BCUT2D eigenvalue weighted by atomic mass is 32.1. The molecule has 1 N–H and O–H groups in total. The zero-order chi connectivity index (χ0) is 16.1. The van der Waals surface area contributed by atoms with Crippen LogP contribution in [0.3, 0.4) is 0 Å². The number of rotatable bonds is 6. The molecule has 0 unspecified atom stereocenters. The van der Waals surface area contributed by atoms with Crippen LogP contribution in [-0.2, 0) is 11.2 Å². The molecule has 1 amide bonds. The number of hydrogen-bond acceptors (Lipinski definition) is 3. The molecule has 1 aromatic carbocycles. The summed E-state index contributed by atoms with van der Waals surface area (Å²) >= 11 is 1.67. The van der Waals surface area contributed by atoms with Crippen molar-refractivity contribution in [3.05, 3.63) is 58.3 Å². The van der Waals surface area contributed by atoms with E-state index in [0.717, 1.165) is 12.0 Å². The number of benzene rings is 1. The Morgan fingerprint density at radius 1 is 1.18 bits per heavy atom. The van der Waals surface area contributed by atoms with E-state index >= 15 is 0 Å². The second kappa shape index (κ2) is 7.56. The van der Waals surface area contributed by atoms with Crippen LogP contribution in [0.4, 0.5) is 0 Å². The first kappa shape index (κ1) is 16.7. The van der Waals surface area contributed by atoms with Gasteiger partial charge in [-0.2, -0.15) is 0 Å². The molecule has 2 aromatic rings. The van der Waals surface area contributed by atoms with Crippen molar-refractivity contribution in [1.29, 1.82) is 0 Å². The minimum Gasteiger partial charge on any atom is -0.386 e. The summed E-state index contributed by atoms with van der Waals surface area (Å²) in [5, 5.41) is 12.5. The van der Waals surface area contributed by atoms with E-state index in [0.29, 0.717) is 0 Å². The molecule has 0 spiro atoms. The van der Waals surface area contributed by atoms with Gasteiger partial charge in [0.05, 0.1) is 12.1 Å². The van der Waals surface area contributed by atoms with Crippen LogP contribution in [0, 0.1) is 5.92 Å². The zero-order valence-electron chi connectivity index (χ0n) is 13.3. The molecule has 0 bridgehead atoms. The summed E-state index contributed by atoms with van der Waals surface area (Å²) in [6.45, 7) is 3.83. The highest BCUT2D eigenvalue weighted by Crippen LogP contribution is 2.22. The predicted octanol–water partition coefficient (Wildman–Crippen LogP) is 3.51. The maximum absolute atomic E-state index is 12.6. The lowest BCUT2D eigenvalue weighted by molar-refractivity contribution is -0.137. The molecule has 22 heavy (non-hydrogen) atoms. The summed E-state index contributed by atoms with van der Waals surface area (Å²) in [5.41, 5.74) is 0.834. The Morgan fingerprint density at radius 2 is 1.86 bits per heavy atom. The fraction of sp³-hybridized carbons (Fsp3) is 0.389. The fourth-order valence-electron chi connectivity index (χ4n) is 2.51. The van der Waals surface area contributed by atoms with Crippen molar-refractivity contribution in [1.82, 2.24) is 4.90 Å². The number of aliphatic hydroxyl groups is 1. The van der Waals surface area contributed by atoms with Crippen molar-refractivity contribution in [2.75, 3.05) is 7.05 Å². The Hall–Kier alpha value is -1.65. The molecule has 0 saturated heterocycles. The lowest BCUT2D eigenvalue weighted by Gasteiger charge is -2.31. The van der Waals surface area contributed by atoms with Crippen molar-refractivity contribution < 1.29 is 9.90 Å². The molecular weight excluding hydrogens is 294 g/mol. The van der Waals surface area contributed by atoms with Crippen molar-refractivity contribution in [2.24, 2.45) is 5.92 Å². The molecule has 0 aliphatic carbocycles. The second-order valence-electron chi connectivity index (χ2n) is 5.73. The third kappa shape index (κ3) is 3.96. The van der Waals surface area contributed by atoms with Gasteiger partial charge in [0, 0.05) is 17.8 Å². The Balaban J connectivity index is 2.00. The summed E-state index contributed by atoms with van der Waals surface area (Å²) in [5.74, 6) is -0.0232. The molecule has 0 aliphatic heterocycles. The van der Waals surface area contributed by atoms with Crippen LogP contribution in [0.25, 0.3) is 0 Å². The van der Waals surface area contributed by atoms with Gasteiger partial charge in [-0.15, -0.1) is 11.3 Å². The molecule has 0 radical (unpaired) electrons. The maximum atomic E-state index is 12.6. The Bertz CT molecular complexity index is 582. The smallest absolute Gasteiger partial charge is 0.225 e. The van der Waals surface area contributed by atoms with E-state index in [2.05, 4.69) is 6.07 Å². The largest absolute Gasteiger partial charge is 0.386 e. The van der Waals surface area contributed by atoms with Gasteiger partial charge < -0.3 is 10.0 Å². The summed E-state index contributed by atoms with van der Waals surface area (Å²) in [7, 11) is 1.77. The average molecular weight is 317 g/mol. The number of likely N-dealkylation sites (N-methyl/N-ethyl adjacent to an activating group) is 1. The third-order valence-corrected chi connectivity index (χ3v) is 4.96. The first-order valence-corrected chi connectivity index (χ1v) is 8.40. The topological polar surface area (TPSA) is 40.5 Å². The van der Waals surface area contributed by atoms with Crippen molar-refractivity contribution in [3.63, 3.8) is 0 Å². The number of hydrogen-bond donors (Lipinski definition) is 1. The number of aliphatic hydroxyl groups excluding tert-OH is 1. The van der Waals surface area contributed by atoms with E-state index in [1.54, 1.807) is 23.3 Å². The normalized spacial score (nSPS) is 15.1. The van der Waals surface area contributed by atoms with Crippen LogP contribution in [0.2, 0.25) is 0 Å². The SMILES string of the molecule is C[C@@H](Cc1cccs1)C(=O)N(C)[C@@H](C)[C@@H](O)c1ccccc1. The van der Waals surface area contributed by atoms with E-state index < -0.39 is 6.10 Å². The van der Waals surface area contributed by atoms with E-state index in [-0.39, 0.29) is 17.9 Å². The zero-order valence-corrected chi connectivity index (χ0v) is 14.1. The van der Waals surface area contributed by atoms with E-state index in [1.165, 1.54) is 4.88 Å². The van der Waals surface area contributed by atoms with Gasteiger partial charge >= 0.3 is 0 Å². The molecule has 2 rings (SSSR count). The third-order valence-electron chi connectivity index (χ3n) is 4.07. The Morgan fingerprint density at radius 3 is 2.45 bits per heavy atom. The second-order valence-corrected chi connectivity index (χ2v) is 6.76. The van der Waals surface area contributed by atoms with Crippen LogP contribution in [0.5, 0.6) is 0 Å². The minimum absolute atomic E-state index is 0.0656. The summed E-state index contributed by atoms with van der Waals surface area (Å²) < 4.78 is 0. The first-order chi connectivity index (χ1) is 10.5. The standard InChI is InChI=1S/C18H23NO2S/c1-13(12-16-10-7-11-22-16)18(21)19(3)14(2)17(20)15-8-5-4-6-9-15/h4-11,13-14,17,20H,12H2,1-3H3/t13-,14-,17+/m0/s1. The molecule has 118 valence electrons. The van der Waals surface area contributed by atoms with Gasteiger partial charge in [-0.3, -0.25) is 4.79 Å². The number of amides is 1. The van der Waals surface area contributed by atoms with Gasteiger partial charge in [0.1, 0.15) is 0 Å². The number of thiophene rings is 1. The maximum Gasteiger partial charge on any atom is 0.225 e. The van der Waals surface area contributed by atoms with Crippen molar-refractivity contribution >= 4 is 17.2 Å². The van der Waals surface area contributed by atoms with Crippen LogP contribution < -0.4 is 0 Å². The molecule has 1 heterocycles. The molecule has 0 fully saturated rings. The van der Waals surface area contributed by atoms with Gasteiger partial charge in [0.25, 0.3) is 0 Å². The van der Waals surface area contributed by atoms with Crippen LogP contribution in [0.15, 0.2) is 47.8 Å². The molecule has 0 saturated carbocycles. The monoisotopic (exact) mass is 317 g/mol. The van der Waals surface area contributed by atoms with Gasteiger partial charge in [0.2, 0.25) is 5.91 Å². The highest BCUT2D eigenvalue weighted by molar-refractivity contribution is 7.09. The lowest BCUT2D eigenvalue weighted by atomic mass is 10.00. The van der Waals surface area contributed by atoms with E-state index in [9.17, 15) is 9.90 Å². The van der Waals surface area contributed by atoms with Gasteiger partial charge in [0.15, 0.2) is 0 Å². The van der Waals surface area contributed by atoms with Gasteiger partial charge in [-0.05, 0) is 30.4 Å². The summed E-state index contributed by atoms with van der Waals surface area (Å²) in [6.07, 6.45) is 0.0683. The highest BCUT2D eigenvalue weighted by Gasteiger charge is 2.27. The number of carbonyl (C=O) groups is 1. The van der Waals surface area contributed by atoms with E-state index in [1.807, 2.05) is 55.6 Å². The van der Waals surface area contributed by atoms with Gasteiger partial charge in [-0.1, -0.05) is 43.3 Å². The summed E-state index contributed by atoms with van der Waals surface area (Å²) in [4.78, 5) is 15.4. The molecule has 4 heteroatoms. The first-order valence-electron chi connectivity index (χ1n) is 7.52. The fourth-order valence-corrected chi connectivity index (χ4v) is 3.34. The molecule has 1 aromatic heterocycles. The molecule has 3 nitrogen and oxygen atoms in total. The Labute approximate surface area is 136 Å². The number of carbonyl (C=O) groups excluding carboxylic acids is 1. The summed E-state index contributed by atoms with van der Waals surface area (Å²) in [6, 6.07) is 13.3. The quantitative estimate of drug-likeness (QED) is 0.886. The predicted molar refractivity (Wildman–Crippen MR) is 90.8 cm³/mol. The molecule has 3 atom stereocenters. The lowest BCUT2D eigenvalue weighted by Crippen LogP contribution is -2.42. The van der Waals surface area contributed by atoms with Crippen LogP contribution in [0.1, 0.15) is 30.4 Å². The van der Waals surface area contributed by atoms with Crippen molar-refractivity contribution in [3.8, 4) is 0 Å². The molecule has 0 aliphatic rings. The van der Waals surface area contributed by atoms with Crippen molar-refractivity contribution in [2.45, 2.75) is 32.4 Å². The van der Waals surface area contributed by atoms with Crippen LogP contribution in [-0.4, -0.2) is 29.0 Å². The molecular formula is C18H23NO2S.